The number of carbonyl (C=O) groups is 3. The maximum absolute atomic E-state index is 13.1. The molecule has 198 valence electrons. The van der Waals surface area contributed by atoms with Crippen LogP contribution in [0, 0.1) is 5.82 Å². The molecule has 39 heavy (non-hydrogen) atoms. The Balaban J connectivity index is 1.27. The molecule has 2 amide bonds. The second-order valence-electron chi connectivity index (χ2n) is 8.99. The normalized spacial score (nSPS) is 13.3. The van der Waals surface area contributed by atoms with Gasteiger partial charge in [-0.05, 0) is 67.1 Å². The molecular weight excluding hydrogens is 503 g/mol. The summed E-state index contributed by atoms with van der Waals surface area (Å²) in [7, 11) is 0. The molecule has 1 N–H and O–H groups in total. The van der Waals surface area contributed by atoms with Crippen LogP contribution in [0.5, 0.6) is 11.5 Å². The predicted octanol–water partition coefficient (Wildman–Crippen LogP) is 5.10. The summed E-state index contributed by atoms with van der Waals surface area (Å²) in [5.41, 5.74) is 1.68. The van der Waals surface area contributed by atoms with Crippen molar-refractivity contribution in [1.82, 2.24) is 5.32 Å². The molecule has 9 heteroatoms. The van der Waals surface area contributed by atoms with E-state index in [1.165, 1.54) is 29.2 Å². The molecule has 3 aromatic carbocycles. The van der Waals surface area contributed by atoms with Gasteiger partial charge in [-0.2, -0.15) is 0 Å². The van der Waals surface area contributed by atoms with Crippen LogP contribution >= 0.6 is 0 Å². The van der Waals surface area contributed by atoms with Gasteiger partial charge in [-0.1, -0.05) is 30.3 Å². The van der Waals surface area contributed by atoms with Crippen molar-refractivity contribution in [3.8, 4) is 11.5 Å². The monoisotopic (exact) mass is 528 g/mol. The number of ether oxygens (including phenoxy) is 2. The SMILES string of the molecule is C[C@H](NC(=O)c1ccc(CN2C(=O)COc3ccc(C(=O)COc4ccc(F)cc4)cc32)o1)c1ccccc1. The largest absolute Gasteiger partial charge is 0.485 e. The minimum absolute atomic E-state index is 0.0421. The van der Waals surface area contributed by atoms with Crippen LogP contribution in [0.4, 0.5) is 10.1 Å². The van der Waals surface area contributed by atoms with Crippen LogP contribution < -0.4 is 19.7 Å². The molecular formula is C30H25FN2O6. The highest BCUT2D eigenvalue weighted by atomic mass is 19.1. The predicted molar refractivity (Wildman–Crippen MR) is 140 cm³/mol. The van der Waals surface area contributed by atoms with E-state index in [0.29, 0.717) is 28.5 Å². The quantitative estimate of drug-likeness (QED) is 0.304. The van der Waals surface area contributed by atoms with Gasteiger partial charge >= 0.3 is 0 Å². The fourth-order valence-electron chi connectivity index (χ4n) is 4.15. The number of hydrogen-bond donors (Lipinski definition) is 1. The number of rotatable bonds is 9. The summed E-state index contributed by atoms with van der Waals surface area (Å²) in [6.07, 6.45) is 0. The number of carbonyl (C=O) groups excluding carboxylic acids is 3. The molecule has 0 fully saturated rings. The average molecular weight is 529 g/mol. The van der Waals surface area contributed by atoms with Crippen molar-refractivity contribution in [1.29, 1.82) is 0 Å². The van der Waals surface area contributed by atoms with Crippen molar-refractivity contribution in [3.63, 3.8) is 0 Å². The molecule has 0 saturated heterocycles. The maximum atomic E-state index is 13.1. The van der Waals surface area contributed by atoms with Crippen LogP contribution in [0.3, 0.4) is 0 Å². The molecule has 1 aliphatic rings. The molecule has 0 bridgehead atoms. The fraction of sp³-hybridized carbons (Fsp3) is 0.167. The number of furan rings is 1. The van der Waals surface area contributed by atoms with E-state index in [4.69, 9.17) is 13.9 Å². The van der Waals surface area contributed by atoms with Crippen LogP contribution in [0.25, 0.3) is 0 Å². The van der Waals surface area contributed by atoms with Gasteiger partial charge in [0, 0.05) is 5.56 Å². The van der Waals surface area contributed by atoms with E-state index in [1.807, 2.05) is 37.3 Å². The van der Waals surface area contributed by atoms with Gasteiger partial charge in [0.2, 0.25) is 0 Å². The fourth-order valence-corrected chi connectivity index (χ4v) is 4.15. The molecule has 8 nitrogen and oxygen atoms in total. The van der Waals surface area contributed by atoms with Crippen molar-refractivity contribution in [2.45, 2.75) is 19.5 Å². The lowest BCUT2D eigenvalue weighted by Crippen LogP contribution is -2.38. The highest BCUT2D eigenvalue weighted by Crippen LogP contribution is 2.34. The minimum atomic E-state index is -0.404. The van der Waals surface area contributed by atoms with Crippen molar-refractivity contribution in [2.75, 3.05) is 18.1 Å². The molecule has 0 saturated carbocycles. The zero-order chi connectivity index (χ0) is 27.4. The van der Waals surface area contributed by atoms with E-state index in [0.717, 1.165) is 5.56 Å². The summed E-state index contributed by atoms with van der Waals surface area (Å²) < 4.78 is 29.9. The highest BCUT2D eigenvalue weighted by Gasteiger charge is 2.28. The molecule has 1 atom stereocenters. The Hall–Kier alpha value is -4.92. The molecule has 0 aliphatic carbocycles. The number of Topliss-reactive ketones (excluding diaryl/α,β-unsaturated/α-hetero) is 1. The van der Waals surface area contributed by atoms with Gasteiger partial charge in [0.1, 0.15) is 23.1 Å². The molecule has 1 aromatic heterocycles. The Morgan fingerprint density at radius 2 is 1.79 bits per heavy atom. The van der Waals surface area contributed by atoms with E-state index < -0.39 is 5.82 Å². The van der Waals surface area contributed by atoms with E-state index in [-0.39, 0.29) is 49.2 Å². The van der Waals surface area contributed by atoms with Crippen molar-refractivity contribution in [3.05, 3.63) is 113 Å². The second kappa shape index (κ2) is 11.2. The van der Waals surface area contributed by atoms with Gasteiger partial charge in [-0.15, -0.1) is 0 Å². The standard InChI is InChI=1S/C30H25FN2O6/c1-19(20-5-3-2-4-6-20)32-30(36)28-14-12-24(39-28)16-33-25-15-21(7-13-27(25)38-18-29(33)35)26(34)17-37-23-10-8-22(31)9-11-23/h2-15,19H,16-18H2,1H3,(H,32,36)/t19-/m0/s1. The molecule has 2 heterocycles. The van der Waals surface area contributed by atoms with Gasteiger partial charge in [0.25, 0.3) is 11.8 Å². The zero-order valence-corrected chi connectivity index (χ0v) is 21.1. The Labute approximate surface area is 223 Å². The van der Waals surface area contributed by atoms with Crippen LogP contribution in [0.15, 0.2) is 89.3 Å². The topological polar surface area (TPSA) is 98.1 Å². The van der Waals surface area contributed by atoms with Gasteiger partial charge in [0.15, 0.2) is 24.8 Å². The number of halogens is 1. The van der Waals surface area contributed by atoms with Crippen molar-refractivity contribution >= 4 is 23.3 Å². The van der Waals surface area contributed by atoms with Gasteiger partial charge in [0.05, 0.1) is 18.3 Å². The molecule has 0 radical (unpaired) electrons. The van der Waals surface area contributed by atoms with Crippen molar-refractivity contribution < 1.29 is 32.7 Å². The van der Waals surface area contributed by atoms with E-state index in [2.05, 4.69) is 5.32 Å². The zero-order valence-electron chi connectivity index (χ0n) is 21.1. The molecule has 0 unspecified atom stereocenters. The van der Waals surface area contributed by atoms with Crippen LogP contribution in [-0.2, 0) is 11.3 Å². The number of amides is 2. The number of fused-ring (bicyclic) bond motifs is 1. The van der Waals surface area contributed by atoms with E-state index in [9.17, 15) is 18.8 Å². The summed E-state index contributed by atoms with van der Waals surface area (Å²) in [4.78, 5) is 39.7. The smallest absolute Gasteiger partial charge is 0.287 e. The number of ketones is 1. The molecule has 0 spiro atoms. The van der Waals surface area contributed by atoms with E-state index >= 15 is 0 Å². The Morgan fingerprint density at radius 1 is 1.03 bits per heavy atom. The molecule has 5 rings (SSSR count). The lowest BCUT2D eigenvalue weighted by Gasteiger charge is -2.29. The number of anilines is 1. The molecule has 1 aliphatic heterocycles. The lowest BCUT2D eigenvalue weighted by atomic mass is 10.1. The van der Waals surface area contributed by atoms with Gasteiger partial charge in [-0.25, -0.2) is 4.39 Å². The summed E-state index contributed by atoms with van der Waals surface area (Å²) in [6, 6.07) is 22.6. The number of nitrogens with zero attached hydrogens (tertiary/aromatic N) is 1. The Kier molecular flexibility index (Phi) is 7.40. The van der Waals surface area contributed by atoms with Gasteiger partial charge in [-0.3, -0.25) is 19.3 Å². The summed E-state index contributed by atoms with van der Waals surface area (Å²) in [6.45, 7) is 1.48. The number of nitrogens with one attached hydrogen (secondary N) is 1. The van der Waals surface area contributed by atoms with Crippen LogP contribution in [0.2, 0.25) is 0 Å². The lowest BCUT2D eigenvalue weighted by molar-refractivity contribution is -0.121. The van der Waals surface area contributed by atoms with Gasteiger partial charge < -0.3 is 19.2 Å². The average Bonchev–Trinajstić information content (AvgIpc) is 3.43. The Bertz CT molecular complexity index is 1500. The second-order valence-corrected chi connectivity index (χ2v) is 8.99. The maximum Gasteiger partial charge on any atom is 0.287 e. The number of hydrogen-bond acceptors (Lipinski definition) is 6. The third kappa shape index (κ3) is 5.98. The molecule has 4 aromatic rings. The summed E-state index contributed by atoms with van der Waals surface area (Å²) >= 11 is 0. The Morgan fingerprint density at radius 3 is 2.56 bits per heavy atom. The van der Waals surface area contributed by atoms with E-state index in [1.54, 1.807) is 30.3 Å². The first kappa shape index (κ1) is 25.7. The van der Waals surface area contributed by atoms with Crippen LogP contribution in [-0.4, -0.2) is 30.8 Å². The summed E-state index contributed by atoms with van der Waals surface area (Å²) in [5, 5.41) is 2.90. The minimum Gasteiger partial charge on any atom is -0.485 e. The first-order valence-corrected chi connectivity index (χ1v) is 12.3. The third-order valence-corrected chi connectivity index (χ3v) is 6.25. The van der Waals surface area contributed by atoms with Crippen LogP contribution in [0.1, 0.15) is 45.2 Å². The van der Waals surface area contributed by atoms with Crippen molar-refractivity contribution in [2.24, 2.45) is 0 Å². The third-order valence-electron chi connectivity index (χ3n) is 6.25. The summed E-state index contributed by atoms with van der Waals surface area (Å²) in [5.74, 6) is -0.120. The first-order chi connectivity index (χ1) is 18.9. The first-order valence-electron chi connectivity index (χ1n) is 12.3. The number of benzene rings is 3. The highest BCUT2D eigenvalue weighted by molar-refractivity contribution is 6.02.